The Morgan fingerprint density at radius 1 is 1.26 bits per heavy atom. The monoisotopic (exact) mass is 270 g/mol. The normalized spacial score (nSPS) is 16.7. The summed E-state index contributed by atoms with van der Waals surface area (Å²) in [6.45, 7) is 11.7. The Morgan fingerprint density at radius 3 is 2.58 bits per heavy atom. The average Bonchev–Trinajstić information content (AvgIpc) is 2.43. The Balaban J connectivity index is 1.99. The molecule has 1 fully saturated rings. The molecule has 19 heavy (non-hydrogen) atoms. The molecule has 1 heterocycles. The fourth-order valence-corrected chi connectivity index (χ4v) is 2.16. The molecule has 1 rings (SSSR count). The van der Waals surface area contributed by atoms with Gasteiger partial charge < -0.3 is 15.0 Å². The molecule has 112 valence electrons. The highest BCUT2D eigenvalue weighted by Crippen LogP contribution is 2.25. The Bertz CT molecular complexity index is 261. The van der Waals surface area contributed by atoms with Crippen molar-refractivity contribution >= 4 is 5.91 Å². The highest BCUT2D eigenvalue weighted by Gasteiger charge is 2.16. The van der Waals surface area contributed by atoms with E-state index in [4.69, 9.17) is 4.74 Å². The van der Waals surface area contributed by atoms with Gasteiger partial charge in [-0.2, -0.15) is 0 Å². The number of carbonyl (C=O) groups is 1. The Morgan fingerprint density at radius 2 is 1.95 bits per heavy atom. The summed E-state index contributed by atoms with van der Waals surface area (Å²) >= 11 is 0. The van der Waals surface area contributed by atoms with Crippen LogP contribution in [0.3, 0.4) is 0 Å². The number of hydrogen-bond acceptors (Lipinski definition) is 3. The predicted octanol–water partition coefficient (Wildman–Crippen LogP) is 2.04. The van der Waals surface area contributed by atoms with Crippen LogP contribution in [0.5, 0.6) is 0 Å². The molecule has 4 heteroatoms. The number of ether oxygens (including phenoxy) is 1. The summed E-state index contributed by atoms with van der Waals surface area (Å²) in [6, 6.07) is 0. The minimum absolute atomic E-state index is 0.232. The molecule has 0 aromatic rings. The number of piperazine rings is 1. The summed E-state index contributed by atoms with van der Waals surface area (Å²) in [5.74, 6) is 0.232. The SMILES string of the molecule is CCC(C)(C)CCCOCCC(=O)N1CCNCC1. The molecule has 1 amide bonds. The van der Waals surface area contributed by atoms with E-state index in [-0.39, 0.29) is 5.91 Å². The van der Waals surface area contributed by atoms with E-state index >= 15 is 0 Å². The van der Waals surface area contributed by atoms with Crippen molar-refractivity contribution in [2.45, 2.75) is 46.5 Å². The zero-order chi connectivity index (χ0) is 14.1. The molecular weight excluding hydrogens is 240 g/mol. The highest BCUT2D eigenvalue weighted by atomic mass is 16.5. The maximum atomic E-state index is 11.9. The molecule has 0 unspecified atom stereocenters. The molecular formula is C15H30N2O2. The Hall–Kier alpha value is -0.610. The second-order valence-electron chi connectivity index (χ2n) is 6.11. The van der Waals surface area contributed by atoms with Crippen molar-refractivity contribution in [1.29, 1.82) is 0 Å². The summed E-state index contributed by atoms with van der Waals surface area (Å²) in [5, 5.41) is 3.25. The third kappa shape index (κ3) is 6.92. The first kappa shape index (κ1) is 16.4. The largest absolute Gasteiger partial charge is 0.381 e. The molecule has 0 bridgehead atoms. The first-order chi connectivity index (χ1) is 9.05. The highest BCUT2D eigenvalue weighted by molar-refractivity contribution is 5.76. The quantitative estimate of drug-likeness (QED) is 0.686. The number of nitrogens with zero attached hydrogens (tertiary/aromatic N) is 1. The number of amides is 1. The molecule has 1 saturated heterocycles. The molecule has 1 N–H and O–H groups in total. The fourth-order valence-electron chi connectivity index (χ4n) is 2.16. The Kier molecular flexibility index (Phi) is 7.39. The fraction of sp³-hybridized carbons (Fsp3) is 0.933. The van der Waals surface area contributed by atoms with Crippen molar-refractivity contribution in [3.63, 3.8) is 0 Å². The lowest BCUT2D eigenvalue weighted by molar-refractivity contribution is -0.132. The molecule has 4 nitrogen and oxygen atoms in total. The van der Waals surface area contributed by atoms with E-state index in [9.17, 15) is 4.79 Å². The number of hydrogen-bond donors (Lipinski definition) is 1. The second kappa shape index (κ2) is 8.54. The minimum atomic E-state index is 0.232. The van der Waals surface area contributed by atoms with Gasteiger partial charge in [-0.3, -0.25) is 4.79 Å². The van der Waals surface area contributed by atoms with Gasteiger partial charge in [0.1, 0.15) is 0 Å². The van der Waals surface area contributed by atoms with Crippen molar-refractivity contribution in [3.8, 4) is 0 Å². The molecule has 0 spiro atoms. The van der Waals surface area contributed by atoms with Crippen molar-refractivity contribution in [3.05, 3.63) is 0 Å². The maximum absolute atomic E-state index is 11.9. The smallest absolute Gasteiger partial charge is 0.224 e. The van der Waals surface area contributed by atoms with Gasteiger partial charge in [0, 0.05) is 32.8 Å². The van der Waals surface area contributed by atoms with E-state index in [0.717, 1.165) is 39.2 Å². The van der Waals surface area contributed by atoms with E-state index in [1.165, 1.54) is 12.8 Å². The van der Waals surface area contributed by atoms with Crippen molar-refractivity contribution in [2.24, 2.45) is 5.41 Å². The van der Waals surface area contributed by atoms with Gasteiger partial charge in [-0.15, -0.1) is 0 Å². The van der Waals surface area contributed by atoms with Crippen molar-refractivity contribution in [1.82, 2.24) is 10.2 Å². The second-order valence-corrected chi connectivity index (χ2v) is 6.11. The zero-order valence-electron chi connectivity index (χ0n) is 12.8. The first-order valence-electron chi connectivity index (χ1n) is 7.61. The molecule has 0 aromatic heterocycles. The van der Waals surface area contributed by atoms with Gasteiger partial charge >= 0.3 is 0 Å². The van der Waals surface area contributed by atoms with Crippen LogP contribution in [0.15, 0.2) is 0 Å². The van der Waals surface area contributed by atoms with Gasteiger partial charge in [0.05, 0.1) is 13.0 Å². The van der Waals surface area contributed by atoms with Crippen LogP contribution in [-0.2, 0) is 9.53 Å². The summed E-state index contributed by atoms with van der Waals surface area (Å²) in [6.07, 6.45) is 4.00. The van der Waals surface area contributed by atoms with E-state index in [1.54, 1.807) is 0 Å². The maximum Gasteiger partial charge on any atom is 0.224 e. The summed E-state index contributed by atoms with van der Waals surface area (Å²) < 4.78 is 5.57. The molecule has 0 saturated carbocycles. The lowest BCUT2D eigenvalue weighted by atomic mass is 9.85. The van der Waals surface area contributed by atoms with Gasteiger partial charge in [-0.05, 0) is 18.3 Å². The van der Waals surface area contributed by atoms with Crippen LogP contribution in [0.2, 0.25) is 0 Å². The Labute approximate surface area is 117 Å². The van der Waals surface area contributed by atoms with Crippen LogP contribution < -0.4 is 5.32 Å². The lowest BCUT2D eigenvalue weighted by Gasteiger charge is -2.27. The lowest BCUT2D eigenvalue weighted by Crippen LogP contribution is -2.46. The van der Waals surface area contributed by atoms with Crippen LogP contribution >= 0.6 is 0 Å². The van der Waals surface area contributed by atoms with Crippen molar-refractivity contribution in [2.75, 3.05) is 39.4 Å². The number of nitrogens with one attached hydrogen (secondary N) is 1. The zero-order valence-corrected chi connectivity index (χ0v) is 12.8. The molecule has 0 aliphatic carbocycles. The van der Waals surface area contributed by atoms with Gasteiger partial charge in [0.15, 0.2) is 0 Å². The third-order valence-electron chi connectivity index (χ3n) is 4.03. The molecule has 0 aromatic carbocycles. The van der Waals surface area contributed by atoms with Gasteiger partial charge in [0.25, 0.3) is 0 Å². The number of rotatable bonds is 8. The van der Waals surface area contributed by atoms with Crippen LogP contribution in [0.4, 0.5) is 0 Å². The van der Waals surface area contributed by atoms with Crippen LogP contribution in [0.1, 0.15) is 46.5 Å². The standard InChI is InChI=1S/C15H30N2O2/c1-4-15(2,3)7-5-12-19-13-6-14(18)17-10-8-16-9-11-17/h16H,4-13H2,1-3H3. The summed E-state index contributed by atoms with van der Waals surface area (Å²) in [5.41, 5.74) is 0.417. The van der Waals surface area contributed by atoms with Gasteiger partial charge in [-0.1, -0.05) is 27.2 Å². The van der Waals surface area contributed by atoms with Gasteiger partial charge in [-0.25, -0.2) is 0 Å². The van der Waals surface area contributed by atoms with E-state index < -0.39 is 0 Å². The van der Waals surface area contributed by atoms with Gasteiger partial charge in [0.2, 0.25) is 5.91 Å². The first-order valence-corrected chi connectivity index (χ1v) is 7.61. The predicted molar refractivity (Wildman–Crippen MR) is 78.2 cm³/mol. The van der Waals surface area contributed by atoms with E-state index in [1.807, 2.05) is 4.90 Å². The topological polar surface area (TPSA) is 41.6 Å². The third-order valence-corrected chi connectivity index (χ3v) is 4.03. The molecule has 1 aliphatic rings. The molecule has 0 atom stereocenters. The average molecular weight is 270 g/mol. The minimum Gasteiger partial charge on any atom is -0.381 e. The number of carbonyl (C=O) groups excluding carboxylic acids is 1. The van der Waals surface area contributed by atoms with E-state index in [0.29, 0.717) is 18.4 Å². The van der Waals surface area contributed by atoms with Crippen LogP contribution in [0, 0.1) is 5.41 Å². The summed E-state index contributed by atoms with van der Waals surface area (Å²) in [7, 11) is 0. The van der Waals surface area contributed by atoms with Crippen LogP contribution in [-0.4, -0.2) is 50.2 Å². The summed E-state index contributed by atoms with van der Waals surface area (Å²) in [4.78, 5) is 13.8. The van der Waals surface area contributed by atoms with E-state index in [2.05, 4.69) is 26.1 Å². The van der Waals surface area contributed by atoms with Crippen LogP contribution in [0.25, 0.3) is 0 Å². The molecule has 1 aliphatic heterocycles. The molecule has 0 radical (unpaired) electrons. The van der Waals surface area contributed by atoms with Crippen molar-refractivity contribution < 1.29 is 9.53 Å².